The van der Waals surface area contributed by atoms with Gasteiger partial charge in [0.05, 0.1) is 6.26 Å². The van der Waals surface area contributed by atoms with Crippen LogP contribution in [0.1, 0.15) is 21.7 Å². The van der Waals surface area contributed by atoms with Crippen molar-refractivity contribution in [2.45, 2.75) is 13.3 Å². The van der Waals surface area contributed by atoms with E-state index in [9.17, 15) is 13.6 Å². The summed E-state index contributed by atoms with van der Waals surface area (Å²) in [6, 6.07) is 4.71. The molecule has 0 amide bonds. The summed E-state index contributed by atoms with van der Waals surface area (Å²) in [5.74, 6) is -1.44. The Morgan fingerprint density at radius 1 is 1.24 bits per heavy atom. The van der Waals surface area contributed by atoms with Crippen molar-refractivity contribution in [2.75, 3.05) is 0 Å². The van der Waals surface area contributed by atoms with Gasteiger partial charge in [0.15, 0.2) is 5.76 Å². The Balaban J connectivity index is 2.21. The van der Waals surface area contributed by atoms with E-state index < -0.39 is 11.6 Å². The lowest BCUT2D eigenvalue weighted by molar-refractivity contribution is 0.0965. The Labute approximate surface area is 96.9 Å². The van der Waals surface area contributed by atoms with Gasteiger partial charge in [0, 0.05) is 12.5 Å². The summed E-state index contributed by atoms with van der Waals surface area (Å²) in [6.45, 7) is 1.74. The maximum atomic E-state index is 12.9. The molecule has 2 rings (SSSR count). The number of Topliss-reactive ketones (excluding diaryl/α,β-unsaturated/α-hetero) is 1. The summed E-state index contributed by atoms with van der Waals surface area (Å²) >= 11 is 0. The third kappa shape index (κ3) is 2.58. The highest BCUT2D eigenvalue weighted by molar-refractivity contribution is 5.96. The van der Waals surface area contributed by atoms with Gasteiger partial charge in [-0.3, -0.25) is 4.79 Å². The van der Waals surface area contributed by atoms with E-state index in [0.717, 1.165) is 18.2 Å². The summed E-state index contributed by atoms with van der Waals surface area (Å²) in [7, 11) is 0. The Hall–Kier alpha value is -1.97. The summed E-state index contributed by atoms with van der Waals surface area (Å²) < 4.78 is 30.9. The lowest BCUT2D eigenvalue weighted by Crippen LogP contribution is -2.04. The van der Waals surface area contributed by atoms with Crippen LogP contribution in [0.5, 0.6) is 0 Å². The van der Waals surface area contributed by atoms with Crippen LogP contribution < -0.4 is 0 Å². The number of ketones is 1. The maximum absolute atomic E-state index is 12.9. The monoisotopic (exact) mass is 236 g/mol. The van der Waals surface area contributed by atoms with E-state index in [-0.39, 0.29) is 18.0 Å². The summed E-state index contributed by atoms with van der Waals surface area (Å²) in [5, 5.41) is 0. The number of hydrogen-bond acceptors (Lipinski definition) is 2. The standard InChI is InChI=1S/C13H10F2O2/c1-8-2-3-17-13(8)12(16)6-9-4-10(14)7-11(15)5-9/h2-5,7H,6H2,1H3. The molecule has 0 radical (unpaired) electrons. The average Bonchev–Trinajstić information content (AvgIpc) is 2.62. The first-order valence-electron chi connectivity index (χ1n) is 5.08. The average molecular weight is 236 g/mol. The van der Waals surface area contributed by atoms with Gasteiger partial charge in [0.25, 0.3) is 0 Å². The number of rotatable bonds is 3. The topological polar surface area (TPSA) is 30.2 Å². The van der Waals surface area contributed by atoms with Crippen molar-refractivity contribution in [1.29, 1.82) is 0 Å². The third-order valence-corrected chi connectivity index (χ3v) is 2.40. The molecule has 2 aromatic rings. The molecular weight excluding hydrogens is 226 g/mol. The summed E-state index contributed by atoms with van der Waals surface area (Å²) in [4.78, 5) is 11.8. The molecule has 0 unspecified atom stereocenters. The van der Waals surface area contributed by atoms with Crippen molar-refractivity contribution in [3.8, 4) is 0 Å². The van der Waals surface area contributed by atoms with Crippen LogP contribution in [0.3, 0.4) is 0 Å². The highest BCUT2D eigenvalue weighted by Gasteiger charge is 2.14. The van der Waals surface area contributed by atoms with Crippen LogP contribution in [-0.2, 0) is 6.42 Å². The smallest absolute Gasteiger partial charge is 0.202 e. The maximum Gasteiger partial charge on any atom is 0.202 e. The lowest BCUT2D eigenvalue weighted by atomic mass is 10.1. The first-order chi connectivity index (χ1) is 8.06. The van der Waals surface area contributed by atoms with Gasteiger partial charge >= 0.3 is 0 Å². The molecule has 1 heterocycles. The third-order valence-electron chi connectivity index (χ3n) is 2.40. The Bertz CT molecular complexity index is 538. The molecular formula is C13H10F2O2. The van der Waals surface area contributed by atoms with Crippen molar-refractivity contribution >= 4 is 5.78 Å². The van der Waals surface area contributed by atoms with Crippen LogP contribution in [0.15, 0.2) is 34.9 Å². The van der Waals surface area contributed by atoms with Gasteiger partial charge in [-0.15, -0.1) is 0 Å². The predicted octanol–water partition coefficient (Wildman–Crippen LogP) is 3.29. The van der Waals surface area contributed by atoms with Gasteiger partial charge in [0.2, 0.25) is 5.78 Å². The van der Waals surface area contributed by atoms with Crippen molar-refractivity contribution in [1.82, 2.24) is 0 Å². The van der Waals surface area contributed by atoms with Crippen molar-refractivity contribution < 1.29 is 18.0 Å². The van der Waals surface area contributed by atoms with E-state index in [0.29, 0.717) is 11.1 Å². The van der Waals surface area contributed by atoms with E-state index in [4.69, 9.17) is 4.42 Å². The van der Waals surface area contributed by atoms with Crippen LogP contribution in [0, 0.1) is 18.6 Å². The molecule has 1 aromatic carbocycles. The second-order valence-corrected chi connectivity index (χ2v) is 3.81. The molecule has 0 bridgehead atoms. The highest BCUT2D eigenvalue weighted by atomic mass is 19.1. The van der Waals surface area contributed by atoms with E-state index in [1.165, 1.54) is 6.26 Å². The number of carbonyl (C=O) groups excluding carboxylic acids is 1. The molecule has 0 spiro atoms. The fraction of sp³-hybridized carbons (Fsp3) is 0.154. The first-order valence-corrected chi connectivity index (χ1v) is 5.08. The van der Waals surface area contributed by atoms with E-state index >= 15 is 0 Å². The Morgan fingerprint density at radius 3 is 2.41 bits per heavy atom. The van der Waals surface area contributed by atoms with Gasteiger partial charge in [-0.25, -0.2) is 8.78 Å². The van der Waals surface area contributed by atoms with Gasteiger partial charge in [0.1, 0.15) is 11.6 Å². The molecule has 0 aliphatic heterocycles. The SMILES string of the molecule is Cc1ccoc1C(=O)Cc1cc(F)cc(F)c1. The largest absolute Gasteiger partial charge is 0.461 e. The van der Waals surface area contributed by atoms with Crippen molar-refractivity contribution in [3.05, 3.63) is 59.1 Å². The molecule has 1 aromatic heterocycles. The predicted molar refractivity (Wildman–Crippen MR) is 57.8 cm³/mol. The molecule has 4 heteroatoms. The fourth-order valence-electron chi connectivity index (χ4n) is 1.64. The zero-order chi connectivity index (χ0) is 12.4. The zero-order valence-corrected chi connectivity index (χ0v) is 9.17. The van der Waals surface area contributed by atoms with Crippen LogP contribution >= 0.6 is 0 Å². The first kappa shape index (κ1) is 11.5. The number of benzene rings is 1. The van der Waals surface area contributed by atoms with Gasteiger partial charge in [-0.05, 0) is 36.2 Å². The van der Waals surface area contributed by atoms with Gasteiger partial charge in [-0.2, -0.15) is 0 Å². The van der Waals surface area contributed by atoms with E-state index in [2.05, 4.69) is 0 Å². The van der Waals surface area contributed by atoms with Crippen LogP contribution in [0.2, 0.25) is 0 Å². The molecule has 0 aliphatic rings. The van der Waals surface area contributed by atoms with Crippen LogP contribution in [0.4, 0.5) is 8.78 Å². The number of furan rings is 1. The molecule has 0 atom stereocenters. The van der Waals surface area contributed by atoms with Crippen molar-refractivity contribution in [3.63, 3.8) is 0 Å². The molecule has 0 fully saturated rings. The molecule has 0 N–H and O–H groups in total. The molecule has 0 aliphatic carbocycles. The number of hydrogen-bond donors (Lipinski definition) is 0. The second kappa shape index (κ2) is 4.49. The Kier molecular flexibility index (Phi) is 3.04. The summed E-state index contributed by atoms with van der Waals surface area (Å²) in [6.07, 6.45) is 1.33. The second-order valence-electron chi connectivity index (χ2n) is 3.81. The number of halogens is 2. The number of carbonyl (C=O) groups is 1. The number of aryl methyl sites for hydroxylation is 1. The highest BCUT2D eigenvalue weighted by Crippen LogP contribution is 2.14. The Morgan fingerprint density at radius 2 is 1.88 bits per heavy atom. The zero-order valence-electron chi connectivity index (χ0n) is 9.17. The van der Waals surface area contributed by atoms with Crippen molar-refractivity contribution in [2.24, 2.45) is 0 Å². The molecule has 0 saturated heterocycles. The molecule has 88 valence electrons. The minimum Gasteiger partial charge on any atom is -0.461 e. The molecule has 2 nitrogen and oxygen atoms in total. The normalized spacial score (nSPS) is 10.5. The van der Waals surface area contributed by atoms with Crippen LogP contribution in [0.25, 0.3) is 0 Å². The minimum atomic E-state index is -0.691. The van der Waals surface area contributed by atoms with Crippen LogP contribution in [-0.4, -0.2) is 5.78 Å². The lowest BCUT2D eigenvalue weighted by Gasteiger charge is -2.01. The summed E-state index contributed by atoms with van der Waals surface area (Å²) in [5.41, 5.74) is 1.01. The van der Waals surface area contributed by atoms with Gasteiger partial charge < -0.3 is 4.42 Å². The molecule has 17 heavy (non-hydrogen) atoms. The molecule has 0 saturated carbocycles. The van der Waals surface area contributed by atoms with E-state index in [1.54, 1.807) is 13.0 Å². The minimum absolute atomic E-state index is 0.0803. The van der Waals surface area contributed by atoms with E-state index in [1.807, 2.05) is 0 Å². The fourth-order valence-corrected chi connectivity index (χ4v) is 1.64. The van der Waals surface area contributed by atoms with Gasteiger partial charge in [-0.1, -0.05) is 0 Å². The quantitative estimate of drug-likeness (QED) is 0.765.